The van der Waals surface area contributed by atoms with Crippen LogP contribution in [-0.4, -0.2) is 30.5 Å². The quantitative estimate of drug-likeness (QED) is 0.767. The third-order valence-electron chi connectivity index (χ3n) is 2.84. The third-order valence-corrected chi connectivity index (χ3v) is 3.71. The zero-order valence-electron chi connectivity index (χ0n) is 12.2. The zero-order valence-corrected chi connectivity index (χ0v) is 13.0. The summed E-state index contributed by atoms with van der Waals surface area (Å²) in [6.07, 6.45) is 2.44. The second kappa shape index (κ2) is 8.14. The van der Waals surface area contributed by atoms with Gasteiger partial charge in [-0.05, 0) is 23.9 Å². The summed E-state index contributed by atoms with van der Waals surface area (Å²) >= 11 is 1.39. The van der Waals surface area contributed by atoms with Gasteiger partial charge in [0.1, 0.15) is 0 Å². The maximum absolute atomic E-state index is 11.8. The van der Waals surface area contributed by atoms with Crippen molar-refractivity contribution in [3.63, 3.8) is 0 Å². The van der Waals surface area contributed by atoms with Gasteiger partial charge in [-0.1, -0.05) is 6.07 Å². The number of nitrogens with one attached hydrogen (secondary N) is 2. The largest absolute Gasteiger partial charge is 0.481 e. The number of hydrogen-bond donors (Lipinski definition) is 2. The molecule has 22 heavy (non-hydrogen) atoms. The number of nitrogens with zero attached hydrogens (tertiary/aromatic N) is 1. The number of methoxy groups -OCH3 is 1. The second-order valence-electron chi connectivity index (χ2n) is 4.47. The molecule has 0 saturated carbocycles. The molecule has 0 unspecified atom stereocenters. The van der Waals surface area contributed by atoms with Crippen LogP contribution in [0.4, 0.5) is 5.69 Å². The summed E-state index contributed by atoms with van der Waals surface area (Å²) in [6.45, 7) is 0.463. The molecular weight excluding hydrogens is 302 g/mol. The topological polar surface area (TPSA) is 80.3 Å². The van der Waals surface area contributed by atoms with E-state index in [1.165, 1.54) is 24.6 Å². The number of pyridine rings is 1. The van der Waals surface area contributed by atoms with E-state index >= 15 is 0 Å². The molecule has 0 aromatic carbocycles. The van der Waals surface area contributed by atoms with Gasteiger partial charge in [-0.3, -0.25) is 9.59 Å². The van der Waals surface area contributed by atoms with Crippen molar-refractivity contribution in [2.24, 2.45) is 0 Å². The Balaban J connectivity index is 1.66. The van der Waals surface area contributed by atoms with E-state index in [-0.39, 0.29) is 11.8 Å². The van der Waals surface area contributed by atoms with Crippen LogP contribution in [0, 0.1) is 0 Å². The van der Waals surface area contributed by atoms with Gasteiger partial charge in [0.25, 0.3) is 5.91 Å². The summed E-state index contributed by atoms with van der Waals surface area (Å²) in [5.74, 6) is 0.279. The van der Waals surface area contributed by atoms with Crippen molar-refractivity contribution >= 4 is 28.8 Å². The average molecular weight is 319 g/mol. The van der Waals surface area contributed by atoms with Crippen molar-refractivity contribution in [1.82, 2.24) is 10.3 Å². The lowest BCUT2D eigenvalue weighted by Crippen LogP contribution is -2.24. The number of rotatable bonds is 7. The van der Waals surface area contributed by atoms with Crippen molar-refractivity contribution in [3.05, 3.63) is 40.7 Å². The van der Waals surface area contributed by atoms with Gasteiger partial charge >= 0.3 is 0 Å². The van der Waals surface area contributed by atoms with Gasteiger partial charge in [-0.25, -0.2) is 4.98 Å². The fraction of sp³-hybridized carbons (Fsp3) is 0.267. The molecular formula is C15H17N3O3S. The molecule has 0 radical (unpaired) electrons. The molecule has 0 atom stereocenters. The highest BCUT2D eigenvalue weighted by Gasteiger charge is 2.06. The monoisotopic (exact) mass is 319 g/mol. The Morgan fingerprint density at radius 3 is 2.82 bits per heavy atom. The highest BCUT2D eigenvalue weighted by molar-refractivity contribution is 7.12. The van der Waals surface area contributed by atoms with Crippen LogP contribution in [0.15, 0.2) is 35.8 Å². The van der Waals surface area contributed by atoms with Crippen LogP contribution in [-0.2, 0) is 4.79 Å². The van der Waals surface area contributed by atoms with E-state index in [4.69, 9.17) is 4.74 Å². The lowest BCUT2D eigenvalue weighted by atomic mass is 10.3. The molecule has 2 N–H and O–H groups in total. The summed E-state index contributed by atoms with van der Waals surface area (Å²) in [4.78, 5) is 28.1. The summed E-state index contributed by atoms with van der Waals surface area (Å²) < 4.78 is 4.94. The van der Waals surface area contributed by atoms with Crippen LogP contribution in [0.3, 0.4) is 0 Å². The van der Waals surface area contributed by atoms with Crippen LogP contribution >= 0.6 is 11.3 Å². The Morgan fingerprint density at radius 1 is 1.32 bits per heavy atom. The molecule has 0 aliphatic carbocycles. The van der Waals surface area contributed by atoms with Crippen LogP contribution < -0.4 is 15.4 Å². The van der Waals surface area contributed by atoms with Crippen molar-refractivity contribution in [2.45, 2.75) is 12.8 Å². The first-order valence-electron chi connectivity index (χ1n) is 6.80. The van der Waals surface area contributed by atoms with Crippen LogP contribution in [0.2, 0.25) is 0 Å². The standard InChI is InChI=1S/C15H17N3O3S/c1-21-14-7-6-11(10-17-14)18-13(19)5-2-8-16-15(20)12-4-3-9-22-12/h3-4,6-7,9-10H,2,5,8H2,1H3,(H,16,20)(H,18,19). The molecule has 6 nitrogen and oxygen atoms in total. The molecule has 0 aliphatic rings. The third kappa shape index (κ3) is 4.85. The molecule has 0 bridgehead atoms. The van der Waals surface area contributed by atoms with Crippen molar-refractivity contribution in [3.8, 4) is 5.88 Å². The molecule has 0 fully saturated rings. The summed E-state index contributed by atoms with van der Waals surface area (Å²) in [7, 11) is 1.53. The van der Waals surface area contributed by atoms with E-state index < -0.39 is 0 Å². The maximum Gasteiger partial charge on any atom is 0.261 e. The Bertz CT molecular complexity index is 611. The number of carbonyl (C=O) groups excluding carboxylic acids is 2. The summed E-state index contributed by atoms with van der Waals surface area (Å²) in [5.41, 5.74) is 0.619. The van der Waals surface area contributed by atoms with E-state index in [1.807, 2.05) is 11.4 Å². The van der Waals surface area contributed by atoms with Gasteiger partial charge in [0.15, 0.2) is 0 Å². The van der Waals surface area contributed by atoms with E-state index in [2.05, 4.69) is 15.6 Å². The summed E-state index contributed by atoms with van der Waals surface area (Å²) in [5, 5.41) is 7.38. The highest BCUT2D eigenvalue weighted by atomic mass is 32.1. The molecule has 0 saturated heterocycles. The summed E-state index contributed by atoms with van der Waals surface area (Å²) in [6, 6.07) is 7.00. The van der Waals surface area contributed by atoms with Gasteiger partial charge in [0, 0.05) is 19.0 Å². The second-order valence-corrected chi connectivity index (χ2v) is 5.42. The Kier molecular flexibility index (Phi) is 5.91. The number of ether oxygens (including phenoxy) is 1. The molecule has 0 aliphatic heterocycles. The fourth-order valence-electron chi connectivity index (χ4n) is 1.74. The average Bonchev–Trinajstić information content (AvgIpc) is 3.06. The normalized spacial score (nSPS) is 10.0. The smallest absolute Gasteiger partial charge is 0.261 e. The first-order valence-corrected chi connectivity index (χ1v) is 7.68. The molecule has 7 heteroatoms. The first kappa shape index (κ1) is 16.0. The van der Waals surface area contributed by atoms with E-state index in [9.17, 15) is 9.59 Å². The van der Waals surface area contributed by atoms with E-state index in [0.29, 0.717) is 35.8 Å². The molecule has 2 aromatic heterocycles. The minimum atomic E-state index is -0.114. The van der Waals surface area contributed by atoms with Crippen LogP contribution in [0.1, 0.15) is 22.5 Å². The molecule has 116 valence electrons. The maximum atomic E-state index is 11.8. The number of aromatic nitrogens is 1. The van der Waals surface area contributed by atoms with Crippen molar-refractivity contribution in [1.29, 1.82) is 0 Å². The molecule has 2 heterocycles. The molecule has 2 rings (SSSR count). The van der Waals surface area contributed by atoms with Crippen molar-refractivity contribution < 1.29 is 14.3 Å². The van der Waals surface area contributed by atoms with Crippen LogP contribution in [0.25, 0.3) is 0 Å². The lowest BCUT2D eigenvalue weighted by molar-refractivity contribution is -0.116. The lowest BCUT2D eigenvalue weighted by Gasteiger charge is -2.06. The Labute approximate surface area is 132 Å². The van der Waals surface area contributed by atoms with Gasteiger partial charge in [0.2, 0.25) is 11.8 Å². The zero-order chi connectivity index (χ0) is 15.8. The number of carbonyl (C=O) groups is 2. The van der Waals surface area contributed by atoms with Gasteiger partial charge in [0.05, 0.1) is 23.9 Å². The predicted molar refractivity (Wildman–Crippen MR) is 85.3 cm³/mol. The minimum absolute atomic E-state index is 0.102. The fourth-order valence-corrected chi connectivity index (χ4v) is 2.38. The highest BCUT2D eigenvalue weighted by Crippen LogP contribution is 2.11. The Hall–Kier alpha value is -2.41. The number of thiophene rings is 1. The number of hydrogen-bond acceptors (Lipinski definition) is 5. The molecule has 2 aromatic rings. The van der Waals surface area contributed by atoms with Gasteiger partial charge < -0.3 is 15.4 Å². The number of anilines is 1. The SMILES string of the molecule is COc1ccc(NC(=O)CCCNC(=O)c2cccs2)cn1. The van der Waals surface area contributed by atoms with Crippen molar-refractivity contribution in [2.75, 3.05) is 19.0 Å². The molecule has 0 spiro atoms. The van der Waals surface area contributed by atoms with Crippen LogP contribution in [0.5, 0.6) is 5.88 Å². The molecule has 2 amide bonds. The van der Waals surface area contributed by atoms with E-state index in [0.717, 1.165) is 0 Å². The minimum Gasteiger partial charge on any atom is -0.481 e. The Morgan fingerprint density at radius 2 is 2.18 bits per heavy atom. The number of amides is 2. The first-order chi connectivity index (χ1) is 10.7. The van der Waals surface area contributed by atoms with Gasteiger partial charge in [-0.15, -0.1) is 11.3 Å². The van der Waals surface area contributed by atoms with E-state index in [1.54, 1.807) is 18.2 Å². The predicted octanol–water partition coefficient (Wildman–Crippen LogP) is 2.30. The van der Waals surface area contributed by atoms with Gasteiger partial charge in [-0.2, -0.15) is 0 Å².